The van der Waals surface area contributed by atoms with Crippen molar-refractivity contribution < 1.29 is 20.4 Å². The van der Waals surface area contributed by atoms with E-state index in [4.69, 9.17) is 31.9 Å². The maximum atomic E-state index is 8.99. The molecule has 8 N–H and O–H groups in total. The van der Waals surface area contributed by atoms with Crippen molar-refractivity contribution in [1.82, 2.24) is 0 Å². The van der Waals surface area contributed by atoms with Gasteiger partial charge in [0.2, 0.25) is 0 Å². The molecule has 106 valence electrons. The largest absolute Gasteiger partial charge is 0.396 e. The summed E-state index contributed by atoms with van der Waals surface area (Å²) in [5.41, 5.74) is 10.2. The summed E-state index contributed by atoms with van der Waals surface area (Å²) in [6.45, 7) is -0.586. The van der Waals surface area contributed by atoms with Gasteiger partial charge >= 0.3 is 0 Å². The molecule has 7 heteroatoms. The topological polar surface area (TPSA) is 133 Å². The Hall–Kier alpha value is 0.0500. The number of hydrogen-bond donors (Lipinski definition) is 6. The molecule has 0 rings (SSSR count). The lowest BCUT2D eigenvalue weighted by molar-refractivity contribution is 0.0796. The monoisotopic (exact) mass is 272 g/mol. The quantitative estimate of drug-likeness (QED) is 0.297. The van der Waals surface area contributed by atoms with Crippen LogP contribution in [0.3, 0.4) is 0 Å². The molecular formula is C10H25ClN2O4. The van der Waals surface area contributed by atoms with E-state index in [-0.39, 0.29) is 64.5 Å². The van der Waals surface area contributed by atoms with Crippen LogP contribution in [0.15, 0.2) is 0 Å². The normalized spacial score (nSPS) is 12.4. The van der Waals surface area contributed by atoms with Crippen molar-refractivity contribution in [3.05, 3.63) is 0 Å². The van der Waals surface area contributed by atoms with Gasteiger partial charge in [0, 0.05) is 37.5 Å². The van der Waals surface area contributed by atoms with Gasteiger partial charge in [0.05, 0.1) is 0 Å². The first-order chi connectivity index (χ1) is 7.49. The highest BCUT2D eigenvalue weighted by molar-refractivity contribution is 5.85. The van der Waals surface area contributed by atoms with E-state index in [9.17, 15) is 0 Å². The van der Waals surface area contributed by atoms with Crippen molar-refractivity contribution in [1.29, 1.82) is 0 Å². The molecule has 0 fully saturated rings. The molecule has 0 aliphatic rings. The fraction of sp³-hybridized carbons (Fsp3) is 1.00. The van der Waals surface area contributed by atoms with Gasteiger partial charge in [0.1, 0.15) is 0 Å². The van der Waals surface area contributed by atoms with Crippen LogP contribution in [0.25, 0.3) is 0 Å². The summed E-state index contributed by atoms with van der Waals surface area (Å²) < 4.78 is 0. The molecule has 0 unspecified atom stereocenters. The van der Waals surface area contributed by atoms with Crippen molar-refractivity contribution in [2.45, 2.75) is 36.8 Å². The first-order valence-corrected chi connectivity index (χ1v) is 5.51. The lowest BCUT2D eigenvalue weighted by Crippen LogP contribution is -2.67. The molecule has 6 nitrogen and oxygen atoms in total. The number of aliphatic hydroxyl groups is 4. The van der Waals surface area contributed by atoms with Gasteiger partial charge < -0.3 is 31.9 Å². The van der Waals surface area contributed by atoms with Crippen LogP contribution in [0.5, 0.6) is 0 Å². The second-order valence-corrected chi connectivity index (χ2v) is 4.21. The summed E-state index contributed by atoms with van der Waals surface area (Å²) in [7, 11) is 0. The molecule has 0 bridgehead atoms. The van der Waals surface area contributed by atoms with Crippen LogP contribution in [0, 0.1) is 0 Å². The summed E-state index contributed by atoms with van der Waals surface area (Å²) in [5, 5.41) is 35.9. The number of nitrogens with two attached hydrogens (primary N) is 2. The third-order valence-corrected chi connectivity index (χ3v) is 3.22. The second-order valence-electron chi connectivity index (χ2n) is 4.21. The maximum absolute atomic E-state index is 8.99. The van der Waals surface area contributed by atoms with Gasteiger partial charge in [-0.15, -0.1) is 12.4 Å². The van der Waals surface area contributed by atoms with Crippen LogP contribution < -0.4 is 11.5 Å². The van der Waals surface area contributed by atoms with E-state index >= 15 is 0 Å². The van der Waals surface area contributed by atoms with E-state index in [1.54, 1.807) is 0 Å². The lowest BCUT2D eigenvalue weighted by atomic mass is 9.70. The number of aliphatic hydroxyl groups excluding tert-OH is 4. The van der Waals surface area contributed by atoms with Crippen LogP contribution in [-0.4, -0.2) is 57.9 Å². The van der Waals surface area contributed by atoms with Gasteiger partial charge in [-0.3, -0.25) is 0 Å². The molecule has 0 atom stereocenters. The number of rotatable bonds is 9. The Balaban J connectivity index is 0. The van der Waals surface area contributed by atoms with Crippen molar-refractivity contribution in [2.75, 3.05) is 26.4 Å². The predicted molar refractivity (Wildman–Crippen MR) is 67.9 cm³/mol. The highest BCUT2D eigenvalue weighted by atomic mass is 35.5. The minimum absolute atomic E-state index is 0. The molecule has 0 radical (unpaired) electrons. The lowest BCUT2D eigenvalue weighted by Gasteiger charge is -2.45. The van der Waals surface area contributed by atoms with Gasteiger partial charge in [-0.05, 0) is 25.7 Å². The molecule has 0 saturated carbocycles. The van der Waals surface area contributed by atoms with Crippen molar-refractivity contribution in [3.8, 4) is 0 Å². The molecule has 0 aromatic heterocycles. The van der Waals surface area contributed by atoms with E-state index in [1.165, 1.54) is 0 Å². The fourth-order valence-electron chi connectivity index (χ4n) is 2.04. The van der Waals surface area contributed by atoms with Gasteiger partial charge in [0.25, 0.3) is 0 Å². The van der Waals surface area contributed by atoms with E-state index < -0.39 is 11.1 Å². The van der Waals surface area contributed by atoms with Crippen LogP contribution in [0.2, 0.25) is 0 Å². The Morgan fingerprint density at radius 2 is 0.765 bits per heavy atom. The highest BCUT2D eigenvalue weighted by Crippen LogP contribution is 2.30. The smallest absolute Gasteiger partial charge is 0.0449 e. The molecular weight excluding hydrogens is 248 g/mol. The molecule has 0 aromatic carbocycles. The van der Waals surface area contributed by atoms with E-state index in [0.29, 0.717) is 0 Å². The van der Waals surface area contributed by atoms with Crippen LogP contribution in [0.4, 0.5) is 0 Å². The zero-order valence-corrected chi connectivity index (χ0v) is 10.8. The Bertz CT molecular complexity index is 163. The SMILES string of the molecule is Cl.NC(CCO)(CCO)C(N)(CCO)CCO. The molecule has 0 aliphatic heterocycles. The highest BCUT2D eigenvalue weighted by Gasteiger charge is 2.44. The number of hydrogen-bond acceptors (Lipinski definition) is 6. The fourth-order valence-corrected chi connectivity index (χ4v) is 2.04. The summed E-state index contributed by atoms with van der Waals surface area (Å²) in [4.78, 5) is 0. The Labute approximate surface area is 108 Å². The molecule has 0 spiro atoms. The minimum atomic E-state index is -0.984. The van der Waals surface area contributed by atoms with Crippen molar-refractivity contribution in [2.24, 2.45) is 11.5 Å². The van der Waals surface area contributed by atoms with Gasteiger partial charge in [-0.2, -0.15) is 0 Å². The Morgan fingerprint density at radius 1 is 0.588 bits per heavy atom. The van der Waals surface area contributed by atoms with Gasteiger partial charge in [-0.25, -0.2) is 0 Å². The predicted octanol–water partition coefficient (Wildman–Crippen LogP) is -1.67. The zero-order valence-electron chi connectivity index (χ0n) is 10.0. The van der Waals surface area contributed by atoms with Gasteiger partial charge in [0.15, 0.2) is 0 Å². The van der Waals surface area contributed by atoms with Crippen LogP contribution in [-0.2, 0) is 0 Å². The average Bonchev–Trinajstić information content (AvgIpc) is 2.19. The van der Waals surface area contributed by atoms with E-state index in [0.717, 1.165) is 0 Å². The average molecular weight is 273 g/mol. The third-order valence-electron chi connectivity index (χ3n) is 3.22. The van der Waals surface area contributed by atoms with Crippen molar-refractivity contribution >= 4 is 12.4 Å². The summed E-state index contributed by atoms with van der Waals surface area (Å²) >= 11 is 0. The molecule has 0 aromatic rings. The number of halogens is 1. The standard InChI is InChI=1S/C10H24N2O4.ClH/c11-9(1-5-13,2-6-14)10(12,3-7-15)4-8-16;/h13-16H,1-8,11-12H2;1H. The second kappa shape index (κ2) is 9.04. The molecule has 0 heterocycles. The third kappa shape index (κ3) is 5.05. The molecule has 0 aliphatic carbocycles. The molecule has 17 heavy (non-hydrogen) atoms. The van der Waals surface area contributed by atoms with Crippen LogP contribution >= 0.6 is 12.4 Å². The zero-order chi connectivity index (χ0) is 12.7. The summed E-state index contributed by atoms with van der Waals surface area (Å²) in [6, 6.07) is 0. The van der Waals surface area contributed by atoms with Crippen LogP contribution in [0.1, 0.15) is 25.7 Å². The summed E-state index contributed by atoms with van der Waals surface area (Å²) in [6.07, 6.45) is 0.905. The maximum Gasteiger partial charge on any atom is 0.0449 e. The van der Waals surface area contributed by atoms with Gasteiger partial charge in [-0.1, -0.05) is 0 Å². The summed E-state index contributed by atoms with van der Waals surface area (Å²) in [5.74, 6) is 0. The molecule has 0 saturated heterocycles. The minimum Gasteiger partial charge on any atom is -0.396 e. The van der Waals surface area contributed by atoms with E-state index in [2.05, 4.69) is 0 Å². The van der Waals surface area contributed by atoms with E-state index in [1.807, 2.05) is 0 Å². The first-order valence-electron chi connectivity index (χ1n) is 5.51. The molecule has 0 amide bonds. The van der Waals surface area contributed by atoms with Crippen molar-refractivity contribution in [3.63, 3.8) is 0 Å². The Kier molecular flexibility index (Phi) is 10.3. The first kappa shape index (κ1) is 19.4. The Morgan fingerprint density at radius 3 is 0.882 bits per heavy atom.